The molecule has 4 atom stereocenters. The molecule has 0 aromatic heterocycles. The maximum absolute atomic E-state index is 12.7. The van der Waals surface area contributed by atoms with Crippen LogP contribution in [0.5, 0.6) is 11.5 Å². The van der Waals surface area contributed by atoms with Crippen LogP contribution in [0.2, 0.25) is 0 Å². The van der Waals surface area contributed by atoms with Gasteiger partial charge in [0.05, 0.1) is 19.1 Å². The fourth-order valence-corrected chi connectivity index (χ4v) is 5.13. The Hall–Kier alpha value is -1.46. The van der Waals surface area contributed by atoms with Gasteiger partial charge in [-0.05, 0) is 68.9 Å². The Bertz CT molecular complexity index is 661. The first-order valence-electron chi connectivity index (χ1n) is 10.0. The molecule has 1 aromatic carbocycles. The number of ether oxygens (including phenoxy) is 2. The second-order valence-electron chi connectivity index (χ2n) is 8.15. The molecule has 150 valence electrons. The highest BCUT2D eigenvalue weighted by Crippen LogP contribution is 2.47. The van der Waals surface area contributed by atoms with Crippen molar-refractivity contribution in [1.82, 2.24) is 5.32 Å². The van der Waals surface area contributed by atoms with Gasteiger partial charge in [-0.15, -0.1) is 12.4 Å². The normalized spacial score (nSPS) is 29.4. The number of nitrogens with two attached hydrogens (primary N) is 1. The highest BCUT2D eigenvalue weighted by Gasteiger charge is 2.48. The SMILES string of the molecule is COc1ccc(CNC(=O)C2C3CCC(C3)C2N)c(OC2CCCC2)c1.Cl. The van der Waals surface area contributed by atoms with E-state index >= 15 is 0 Å². The largest absolute Gasteiger partial charge is 0.497 e. The number of amides is 1. The van der Waals surface area contributed by atoms with Gasteiger partial charge >= 0.3 is 0 Å². The number of hydrogen-bond acceptors (Lipinski definition) is 4. The smallest absolute Gasteiger partial charge is 0.225 e. The highest BCUT2D eigenvalue weighted by molar-refractivity contribution is 5.85. The second-order valence-corrected chi connectivity index (χ2v) is 8.15. The third-order valence-corrected chi connectivity index (χ3v) is 6.61. The maximum atomic E-state index is 12.7. The average Bonchev–Trinajstić information content (AvgIpc) is 3.38. The van der Waals surface area contributed by atoms with Crippen molar-refractivity contribution in [3.05, 3.63) is 23.8 Å². The summed E-state index contributed by atoms with van der Waals surface area (Å²) in [6, 6.07) is 5.87. The minimum Gasteiger partial charge on any atom is -0.497 e. The first kappa shape index (κ1) is 20.3. The molecule has 2 bridgehead atoms. The van der Waals surface area contributed by atoms with Crippen LogP contribution in [0.4, 0.5) is 0 Å². The van der Waals surface area contributed by atoms with E-state index in [1.807, 2.05) is 18.2 Å². The molecule has 4 rings (SSSR count). The summed E-state index contributed by atoms with van der Waals surface area (Å²) in [6.07, 6.45) is 8.38. The first-order valence-corrected chi connectivity index (χ1v) is 10.0. The van der Waals surface area contributed by atoms with Gasteiger partial charge in [0.1, 0.15) is 11.5 Å². The Morgan fingerprint density at radius 2 is 1.93 bits per heavy atom. The molecule has 0 spiro atoms. The Labute approximate surface area is 167 Å². The van der Waals surface area contributed by atoms with Gasteiger partial charge in [-0.1, -0.05) is 0 Å². The number of carbonyl (C=O) groups is 1. The fourth-order valence-electron chi connectivity index (χ4n) is 5.13. The molecule has 3 fully saturated rings. The van der Waals surface area contributed by atoms with Crippen LogP contribution < -0.4 is 20.5 Å². The standard InChI is InChI=1S/C21H30N2O3.ClH/c1-25-17-9-8-15(18(11-17)26-16-4-2-3-5-16)12-23-21(24)19-13-6-7-14(10-13)20(19)22;/h8-9,11,13-14,16,19-20H,2-7,10,12,22H2,1H3,(H,23,24);1H. The Balaban J connectivity index is 0.00000210. The Kier molecular flexibility index (Phi) is 6.53. The van der Waals surface area contributed by atoms with Gasteiger partial charge in [-0.3, -0.25) is 4.79 Å². The predicted molar refractivity (Wildman–Crippen MR) is 107 cm³/mol. The number of fused-ring (bicyclic) bond motifs is 2. The lowest BCUT2D eigenvalue weighted by atomic mass is 9.84. The predicted octanol–water partition coefficient (Wildman–Crippen LogP) is 3.43. The number of benzene rings is 1. The summed E-state index contributed by atoms with van der Waals surface area (Å²) in [6.45, 7) is 0.478. The van der Waals surface area contributed by atoms with Crippen LogP contribution in [-0.2, 0) is 11.3 Å². The van der Waals surface area contributed by atoms with E-state index in [0.29, 0.717) is 18.4 Å². The van der Waals surface area contributed by atoms with Crippen molar-refractivity contribution in [2.45, 2.75) is 63.6 Å². The zero-order valence-electron chi connectivity index (χ0n) is 16.0. The minimum absolute atomic E-state index is 0. The number of halogens is 1. The van der Waals surface area contributed by atoms with E-state index in [4.69, 9.17) is 15.2 Å². The summed E-state index contributed by atoms with van der Waals surface area (Å²) in [5, 5.41) is 3.12. The molecule has 1 amide bonds. The highest BCUT2D eigenvalue weighted by atomic mass is 35.5. The van der Waals surface area contributed by atoms with Gasteiger partial charge in [0.25, 0.3) is 0 Å². The van der Waals surface area contributed by atoms with Gasteiger partial charge in [-0.25, -0.2) is 0 Å². The third kappa shape index (κ3) is 4.19. The molecule has 0 heterocycles. The van der Waals surface area contributed by atoms with E-state index < -0.39 is 0 Å². The molecular weight excluding hydrogens is 364 g/mol. The lowest BCUT2D eigenvalue weighted by Crippen LogP contribution is -2.45. The molecular formula is C21H31ClN2O3. The van der Waals surface area contributed by atoms with E-state index in [-0.39, 0.29) is 36.4 Å². The van der Waals surface area contributed by atoms with E-state index in [2.05, 4.69) is 5.32 Å². The molecule has 1 aromatic rings. The molecule has 3 saturated carbocycles. The average molecular weight is 395 g/mol. The van der Waals surface area contributed by atoms with Crippen LogP contribution in [0.25, 0.3) is 0 Å². The summed E-state index contributed by atoms with van der Waals surface area (Å²) in [5.74, 6) is 2.70. The molecule has 27 heavy (non-hydrogen) atoms. The van der Waals surface area contributed by atoms with Crippen molar-refractivity contribution in [2.24, 2.45) is 23.5 Å². The number of rotatable bonds is 6. The summed E-state index contributed by atoms with van der Waals surface area (Å²) >= 11 is 0. The van der Waals surface area contributed by atoms with Gasteiger partial charge < -0.3 is 20.5 Å². The molecule has 4 unspecified atom stereocenters. The van der Waals surface area contributed by atoms with E-state index in [1.54, 1.807) is 7.11 Å². The first-order chi connectivity index (χ1) is 12.7. The van der Waals surface area contributed by atoms with Crippen LogP contribution in [0.1, 0.15) is 50.5 Å². The maximum Gasteiger partial charge on any atom is 0.225 e. The van der Waals surface area contributed by atoms with Crippen molar-refractivity contribution in [3.63, 3.8) is 0 Å². The zero-order valence-corrected chi connectivity index (χ0v) is 16.8. The van der Waals surface area contributed by atoms with E-state index in [0.717, 1.165) is 42.7 Å². The van der Waals surface area contributed by atoms with Crippen LogP contribution in [0, 0.1) is 17.8 Å². The summed E-state index contributed by atoms with van der Waals surface area (Å²) < 4.78 is 11.6. The molecule has 6 heteroatoms. The number of nitrogens with one attached hydrogen (secondary N) is 1. The van der Waals surface area contributed by atoms with Crippen molar-refractivity contribution in [3.8, 4) is 11.5 Å². The minimum atomic E-state index is -0.0220. The summed E-state index contributed by atoms with van der Waals surface area (Å²) in [4.78, 5) is 12.7. The molecule has 5 nitrogen and oxygen atoms in total. The molecule has 3 N–H and O–H groups in total. The number of hydrogen-bond donors (Lipinski definition) is 2. The molecule has 0 saturated heterocycles. The topological polar surface area (TPSA) is 73.6 Å². The molecule has 3 aliphatic rings. The fraction of sp³-hybridized carbons (Fsp3) is 0.667. The van der Waals surface area contributed by atoms with Gasteiger partial charge in [0.2, 0.25) is 5.91 Å². The van der Waals surface area contributed by atoms with Gasteiger partial charge in [0.15, 0.2) is 0 Å². The number of methoxy groups -OCH3 is 1. The van der Waals surface area contributed by atoms with Gasteiger partial charge in [0, 0.05) is 24.2 Å². The quantitative estimate of drug-likeness (QED) is 0.775. The summed E-state index contributed by atoms with van der Waals surface area (Å²) in [5.41, 5.74) is 7.31. The second kappa shape index (κ2) is 8.70. The van der Waals surface area contributed by atoms with E-state index in [1.165, 1.54) is 19.3 Å². The molecule has 0 aliphatic heterocycles. The van der Waals surface area contributed by atoms with E-state index in [9.17, 15) is 4.79 Å². The zero-order chi connectivity index (χ0) is 18.1. The van der Waals surface area contributed by atoms with Crippen LogP contribution >= 0.6 is 12.4 Å². The summed E-state index contributed by atoms with van der Waals surface area (Å²) in [7, 11) is 1.66. The van der Waals surface area contributed by atoms with Crippen LogP contribution in [-0.4, -0.2) is 25.2 Å². The van der Waals surface area contributed by atoms with Crippen LogP contribution in [0.15, 0.2) is 18.2 Å². The van der Waals surface area contributed by atoms with Crippen molar-refractivity contribution in [1.29, 1.82) is 0 Å². The molecule has 0 radical (unpaired) electrons. The lowest BCUT2D eigenvalue weighted by Gasteiger charge is -2.27. The monoisotopic (exact) mass is 394 g/mol. The molecule has 3 aliphatic carbocycles. The van der Waals surface area contributed by atoms with Crippen molar-refractivity contribution >= 4 is 18.3 Å². The Morgan fingerprint density at radius 3 is 2.59 bits per heavy atom. The number of carbonyl (C=O) groups excluding carboxylic acids is 1. The lowest BCUT2D eigenvalue weighted by molar-refractivity contribution is -0.127. The van der Waals surface area contributed by atoms with Gasteiger partial charge in [-0.2, -0.15) is 0 Å². The van der Waals surface area contributed by atoms with Crippen molar-refractivity contribution < 1.29 is 14.3 Å². The van der Waals surface area contributed by atoms with Crippen LogP contribution in [0.3, 0.4) is 0 Å². The van der Waals surface area contributed by atoms with Crippen molar-refractivity contribution in [2.75, 3.05) is 7.11 Å². The third-order valence-electron chi connectivity index (χ3n) is 6.61. The Morgan fingerprint density at radius 1 is 1.19 bits per heavy atom.